The van der Waals surface area contributed by atoms with Crippen LogP contribution in [0.25, 0.3) is 0 Å². The Bertz CT molecular complexity index is 1310. The van der Waals surface area contributed by atoms with Crippen LogP contribution < -0.4 is 0 Å². The third-order valence-corrected chi connectivity index (χ3v) is 9.20. The summed E-state index contributed by atoms with van der Waals surface area (Å²) >= 11 is 0. The number of benzene rings is 1. The van der Waals surface area contributed by atoms with Gasteiger partial charge in [-0.25, -0.2) is 0 Å². The third-order valence-electron chi connectivity index (χ3n) is 9.20. The van der Waals surface area contributed by atoms with E-state index in [-0.39, 0.29) is 58.5 Å². The lowest BCUT2D eigenvalue weighted by Gasteiger charge is -2.19. The average Bonchev–Trinajstić information content (AvgIpc) is 3.20. The van der Waals surface area contributed by atoms with Gasteiger partial charge in [-0.05, 0) is 99.8 Å². The van der Waals surface area contributed by atoms with Crippen LogP contribution >= 0.6 is 0 Å². The van der Waals surface area contributed by atoms with Crippen molar-refractivity contribution in [1.29, 1.82) is 0 Å². The number of unbranched alkanes of at least 4 members (excludes halogenated alkanes) is 10. The van der Waals surface area contributed by atoms with Gasteiger partial charge in [-0.2, -0.15) is 22.0 Å². The van der Waals surface area contributed by atoms with Crippen LogP contribution in [0, 0.1) is 0 Å². The molecule has 0 aliphatic carbocycles. The van der Waals surface area contributed by atoms with Gasteiger partial charge in [0.2, 0.25) is 0 Å². The van der Waals surface area contributed by atoms with Gasteiger partial charge in [0.15, 0.2) is 6.29 Å². The molecule has 59 heavy (non-hydrogen) atoms. The maximum absolute atomic E-state index is 12.9. The minimum Gasteiger partial charge on any atom is -0.466 e. The molecule has 0 heterocycles. The van der Waals surface area contributed by atoms with Gasteiger partial charge in [-0.15, -0.1) is 0 Å². The molecule has 0 saturated heterocycles. The first-order chi connectivity index (χ1) is 28.3. The second-order valence-corrected chi connectivity index (χ2v) is 14.6. The molecule has 0 saturated carbocycles. The molecule has 0 aliphatic heterocycles. The van der Waals surface area contributed by atoms with Gasteiger partial charge in [0.25, 0.3) is 0 Å². The van der Waals surface area contributed by atoms with Crippen LogP contribution in [0.4, 0.5) is 22.0 Å². The Balaban J connectivity index is 2.35. The highest BCUT2D eigenvalue weighted by Crippen LogP contribution is 2.39. The third kappa shape index (κ3) is 28.7. The lowest BCUT2D eigenvalue weighted by atomic mass is 10.1. The second kappa shape index (κ2) is 33.4. The Morgan fingerprint density at radius 1 is 0.576 bits per heavy atom. The van der Waals surface area contributed by atoms with E-state index < -0.39 is 42.7 Å². The van der Waals surface area contributed by atoms with E-state index >= 15 is 0 Å². The molecule has 338 valence electrons. The zero-order valence-electron chi connectivity index (χ0n) is 35.3. The van der Waals surface area contributed by atoms with Gasteiger partial charge in [-0.3, -0.25) is 14.4 Å². The van der Waals surface area contributed by atoms with Crippen LogP contribution in [0.3, 0.4) is 0 Å². The maximum Gasteiger partial charge on any atom is 0.453 e. The summed E-state index contributed by atoms with van der Waals surface area (Å²) in [4.78, 5) is 37.0. The second-order valence-electron chi connectivity index (χ2n) is 14.6. The number of ether oxygens (including phenoxy) is 5. The summed E-state index contributed by atoms with van der Waals surface area (Å²) in [7, 11) is 0. The van der Waals surface area contributed by atoms with E-state index in [0.29, 0.717) is 74.8 Å². The molecule has 0 aliphatic rings. The van der Waals surface area contributed by atoms with Crippen molar-refractivity contribution >= 4 is 17.9 Å². The SMILES string of the molecule is CC/C=C\CCCCOC(CCC(=O)OCc1cc(CO)cc(COC(=O)CCCCCCC(=O)OCCCCCCC(F)(F)C(F)(F)F)c1)OCCCC/C=C\CC. The smallest absolute Gasteiger partial charge is 0.453 e. The number of rotatable bonds is 36. The summed E-state index contributed by atoms with van der Waals surface area (Å²) in [6.45, 7) is 5.12. The van der Waals surface area contributed by atoms with Gasteiger partial charge in [0.05, 0.1) is 19.6 Å². The topological polar surface area (TPSA) is 118 Å². The number of hydrogen-bond acceptors (Lipinski definition) is 9. The highest BCUT2D eigenvalue weighted by atomic mass is 19.4. The molecule has 0 unspecified atom stereocenters. The number of carbonyl (C=O) groups is 3. The fraction of sp³-hybridized carbons (Fsp3) is 0.711. The van der Waals surface area contributed by atoms with Crippen molar-refractivity contribution in [1.82, 2.24) is 0 Å². The molecule has 0 aromatic heterocycles. The monoisotopic (exact) mass is 848 g/mol. The zero-order valence-corrected chi connectivity index (χ0v) is 35.3. The summed E-state index contributed by atoms with van der Waals surface area (Å²) in [5.41, 5.74) is 1.89. The Morgan fingerprint density at radius 2 is 1.03 bits per heavy atom. The molecule has 1 aromatic rings. The van der Waals surface area contributed by atoms with Crippen molar-refractivity contribution in [2.75, 3.05) is 19.8 Å². The predicted octanol–water partition coefficient (Wildman–Crippen LogP) is 11.7. The molecular formula is C45H69F5O9. The molecule has 0 amide bonds. The standard InChI is InChI=1S/C45H69F5O9/c1-3-5-7-9-14-21-29-56-43(57-30-22-15-10-8-6-4-2)26-25-42(54)59-36-39-32-37(34-51)31-38(33-39)35-58-41(53)24-18-12-11-17-23-40(52)55-28-20-16-13-19-27-44(46,47)45(48,49)50/h5-8,31-33,43,51H,3-4,9-30,34-36H2,1-2H3/b7-5-,8-6-. The summed E-state index contributed by atoms with van der Waals surface area (Å²) in [6, 6.07) is 5.21. The number of esters is 3. The minimum absolute atomic E-state index is 0.0117. The summed E-state index contributed by atoms with van der Waals surface area (Å²) in [5.74, 6) is -5.89. The quantitative estimate of drug-likeness (QED) is 0.0176. The van der Waals surface area contributed by atoms with Crippen molar-refractivity contribution in [3.8, 4) is 0 Å². The Morgan fingerprint density at radius 3 is 1.54 bits per heavy atom. The molecule has 1 N–H and O–H groups in total. The largest absolute Gasteiger partial charge is 0.466 e. The van der Waals surface area contributed by atoms with E-state index in [1.165, 1.54) is 0 Å². The number of allylic oxidation sites excluding steroid dienone is 4. The lowest BCUT2D eigenvalue weighted by molar-refractivity contribution is -0.284. The van der Waals surface area contributed by atoms with E-state index in [2.05, 4.69) is 38.2 Å². The number of halogens is 5. The first kappa shape index (κ1) is 53.7. The fourth-order valence-electron chi connectivity index (χ4n) is 5.84. The number of aliphatic hydroxyl groups excluding tert-OH is 1. The molecule has 9 nitrogen and oxygen atoms in total. The summed E-state index contributed by atoms with van der Waals surface area (Å²) in [5, 5.41) is 9.79. The van der Waals surface area contributed by atoms with Crippen molar-refractivity contribution in [3.05, 3.63) is 59.2 Å². The van der Waals surface area contributed by atoms with E-state index in [4.69, 9.17) is 23.7 Å². The first-order valence-electron chi connectivity index (χ1n) is 21.5. The van der Waals surface area contributed by atoms with Crippen LogP contribution in [-0.4, -0.2) is 61.2 Å². The Labute approximate surface area is 348 Å². The van der Waals surface area contributed by atoms with Gasteiger partial charge in [0, 0.05) is 38.9 Å². The van der Waals surface area contributed by atoms with Gasteiger partial charge < -0.3 is 28.8 Å². The molecule has 0 fully saturated rings. The number of carbonyl (C=O) groups excluding carboxylic acids is 3. The predicted molar refractivity (Wildman–Crippen MR) is 216 cm³/mol. The minimum atomic E-state index is -5.54. The van der Waals surface area contributed by atoms with E-state index in [9.17, 15) is 41.4 Å². The lowest BCUT2D eigenvalue weighted by Crippen LogP contribution is -2.36. The summed E-state index contributed by atoms with van der Waals surface area (Å²) in [6.07, 6.45) is 13.3. The number of alkyl halides is 5. The van der Waals surface area contributed by atoms with Gasteiger partial charge >= 0.3 is 30.0 Å². The molecule has 1 aromatic carbocycles. The molecular weight excluding hydrogens is 779 g/mol. The molecule has 14 heteroatoms. The Hall–Kier alpha value is -3.36. The molecule has 0 bridgehead atoms. The molecule has 0 radical (unpaired) electrons. The van der Waals surface area contributed by atoms with Crippen molar-refractivity contribution in [2.45, 2.75) is 187 Å². The van der Waals surface area contributed by atoms with Crippen molar-refractivity contribution < 1.29 is 65.1 Å². The summed E-state index contributed by atoms with van der Waals surface area (Å²) < 4.78 is 90.4. The highest BCUT2D eigenvalue weighted by Gasteiger charge is 2.56. The average molecular weight is 849 g/mol. The first-order valence-corrected chi connectivity index (χ1v) is 21.5. The molecule has 0 spiro atoms. The van der Waals surface area contributed by atoms with Crippen LogP contribution in [0.2, 0.25) is 0 Å². The van der Waals surface area contributed by atoms with Gasteiger partial charge in [0.1, 0.15) is 13.2 Å². The van der Waals surface area contributed by atoms with E-state index in [1.807, 2.05) is 0 Å². The maximum atomic E-state index is 12.9. The molecule has 0 atom stereocenters. The van der Waals surface area contributed by atoms with Crippen LogP contribution in [0.1, 0.15) is 165 Å². The van der Waals surface area contributed by atoms with Crippen LogP contribution in [0.5, 0.6) is 0 Å². The zero-order chi connectivity index (χ0) is 43.6. The van der Waals surface area contributed by atoms with Gasteiger partial charge in [-0.1, -0.05) is 76.0 Å². The Kier molecular flexibility index (Phi) is 30.3. The molecule has 1 rings (SSSR count). The van der Waals surface area contributed by atoms with Crippen LogP contribution in [-0.2, 0) is 57.9 Å². The van der Waals surface area contributed by atoms with Crippen molar-refractivity contribution in [2.24, 2.45) is 0 Å². The number of aliphatic hydroxyl groups is 1. The fourth-order valence-corrected chi connectivity index (χ4v) is 5.84. The highest BCUT2D eigenvalue weighted by molar-refractivity contribution is 5.70. The van der Waals surface area contributed by atoms with E-state index in [0.717, 1.165) is 51.4 Å². The normalized spacial score (nSPS) is 12.2. The number of hydrogen-bond donors (Lipinski definition) is 1. The van der Waals surface area contributed by atoms with Crippen molar-refractivity contribution in [3.63, 3.8) is 0 Å². The van der Waals surface area contributed by atoms with E-state index in [1.54, 1.807) is 18.2 Å². The van der Waals surface area contributed by atoms with Crippen LogP contribution in [0.15, 0.2) is 42.5 Å².